The van der Waals surface area contributed by atoms with Crippen molar-refractivity contribution < 1.29 is 17.9 Å². The fraction of sp³-hybridized carbons (Fsp3) is 0.333. The van der Waals surface area contributed by atoms with Gasteiger partial charge in [-0.3, -0.25) is 0 Å². The van der Waals surface area contributed by atoms with E-state index >= 15 is 0 Å². The third-order valence-corrected chi connectivity index (χ3v) is 7.75. The van der Waals surface area contributed by atoms with Crippen molar-refractivity contribution >= 4 is 43.1 Å². The van der Waals surface area contributed by atoms with Gasteiger partial charge < -0.3 is 14.8 Å². The third kappa shape index (κ3) is 3.32. The second-order valence-corrected chi connectivity index (χ2v) is 9.31. The number of benzene rings is 1. The van der Waals surface area contributed by atoms with Crippen LogP contribution in [0.5, 0.6) is 5.75 Å². The number of aromatic nitrogens is 2. The van der Waals surface area contributed by atoms with Gasteiger partial charge in [0.05, 0.1) is 31.4 Å². The number of nitrogens with zero attached hydrogens (tertiary/aromatic N) is 3. The number of hydrogen-bond acceptors (Lipinski definition) is 8. The van der Waals surface area contributed by atoms with Crippen molar-refractivity contribution in [2.24, 2.45) is 0 Å². The summed E-state index contributed by atoms with van der Waals surface area (Å²) in [6, 6.07) is 7.41. The number of fused-ring (bicyclic) bond motifs is 1. The van der Waals surface area contributed by atoms with E-state index in [1.807, 2.05) is 24.3 Å². The number of rotatable bonds is 5. The molecular formula is C18H20N4O4S2. The summed E-state index contributed by atoms with van der Waals surface area (Å²) in [6.07, 6.45) is 1.43. The zero-order valence-corrected chi connectivity index (χ0v) is 17.1. The Morgan fingerprint density at radius 3 is 2.71 bits per heavy atom. The van der Waals surface area contributed by atoms with E-state index in [9.17, 15) is 8.42 Å². The van der Waals surface area contributed by atoms with E-state index in [1.54, 1.807) is 14.0 Å². The van der Waals surface area contributed by atoms with Crippen molar-refractivity contribution in [2.75, 3.05) is 38.7 Å². The van der Waals surface area contributed by atoms with E-state index in [4.69, 9.17) is 9.47 Å². The number of thiophene rings is 1. The minimum Gasteiger partial charge on any atom is -0.495 e. The summed E-state index contributed by atoms with van der Waals surface area (Å²) >= 11 is 1.34. The zero-order chi connectivity index (χ0) is 19.7. The van der Waals surface area contributed by atoms with Gasteiger partial charge >= 0.3 is 0 Å². The van der Waals surface area contributed by atoms with E-state index < -0.39 is 10.0 Å². The molecule has 0 atom stereocenters. The molecule has 28 heavy (non-hydrogen) atoms. The van der Waals surface area contributed by atoms with Gasteiger partial charge in [-0.25, -0.2) is 18.4 Å². The fourth-order valence-electron chi connectivity index (χ4n) is 3.22. The molecule has 3 aromatic rings. The van der Waals surface area contributed by atoms with Crippen LogP contribution in [-0.4, -0.2) is 56.1 Å². The predicted molar refractivity (Wildman–Crippen MR) is 108 cm³/mol. The average Bonchev–Trinajstić information content (AvgIpc) is 3.06. The average molecular weight is 421 g/mol. The summed E-state index contributed by atoms with van der Waals surface area (Å²) in [5.41, 5.74) is 0.698. The monoisotopic (exact) mass is 420 g/mol. The molecule has 0 aliphatic carbocycles. The molecular weight excluding hydrogens is 400 g/mol. The maximum Gasteiger partial charge on any atom is 0.245 e. The summed E-state index contributed by atoms with van der Waals surface area (Å²) in [6.45, 7) is 3.25. The van der Waals surface area contributed by atoms with Crippen molar-refractivity contribution in [3.05, 3.63) is 35.5 Å². The molecule has 2 aromatic heterocycles. The highest BCUT2D eigenvalue weighted by Crippen LogP contribution is 2.39. The number of anilines is 2. The highest BCUT2D eigenvalue weighted by Gasteiger charge is 2.32. The molecule has 1 aliphatic rings. The first-order valence-electron chi connectivity index (χ1n) is 8.74. The van der Waals surface area contributed by atoms with Crippen molar-refractivity contribution in [1.29, 1.82) is 0 Å². The maximum atomic E-state index is 13.4. The number of aryl methyl sites for hydroxylation is 1. The summed E-state index contributed by atoms with van der Waals surface area (Å²) in [7, 11) is -2.11. The topological polar surface area (TPSA) is 93.7 Å². The maximum absolute atomic E-state index is 13.4. The molecule has 1 N–H and O–H groups in total. The lowest BCUT2D eigenvalue weighted by molar-refractivity contribution is 0.0730. The van der Waals surface area contributed by atoms with Crippen LogP contribution in [0.3, 0.4) is 0 Å². The Kier molecular flexibility index (Phi) is 5.19. The normalized spacial score (nSPS) is 15.6. The van der Waals surface area contributed by atoms with Gasteiger partial charge in [0.15, 0.2) is 0 Å². The van der Waals surface area contributed by atoms with Gasteiger partial charge in [0.1, 0.15) is 27.6 Å². The van der Waals surface area contributed by atoms with Gasteiger partial charge in [-0.2, -0.15) is 4.31 Å². The first-order chi connectivity index (χ1) is 13.5. The Morgan fingerprint density at radius 2 is 1.96 bits per heavy atom. The van der Waals surface area contributed by atoms with Crippen LogP contribution in [0.1, 0.15) is 4.88 Å². The van der Waals surface area contributed by atoms with Crippen LogP contribution in [0.4, 0.5) is 11.5 Å². The van der Waals surface area contributed by atoms with Gasteiger partial charge in [0.2, 0.25) is 10.0 Å². The van der Waals surface area contributed by atoms with Crippen LogP contribution in [0.25, 0.3) is 10.2 Å². The van der Waals surface area contributed by atoms with Crippen molar-refractivity contribution in [3.8, 4) is 5.75 Å². The molecule has 0 unspecified atom stereocenters. The third-order valence-electron chi connectivity index (χ3n) is 4.54. The standard InChI is InChI=1S/C18H20N4O4S2/c1-12-16(28(23,24)22-7-9-26-10-8-22)15-17(19-11-20-18(15)27-12)21-13-5-3-4-6-14(13)25-2/h3-6,11H,7-10H2,1-2H3,(H,19,20,21). The predicted octanol–water partition coefficient (Wildman–Crippen LogP) is 2.77. The molecule has 0 amide bonds. The molecule has 8 nitrogen and oxygen atoms in total. The van der Waals surface area contributed by atoms with Gasteiger partial charge in [0, 0.05) is 18.0 Å². The Balaban J connectivity index is 1.85. The molecule has 0 spiro atoms. The first-order valence-corrected chi connectivity index (χ1v) is 11.0. The van der Waals surface area contributed by atoms with Crippen LogP contribution in [0, 0.1) is 6.92 Å². The van der Waals surface area contributed by atoms with E-state index in [2.05, 4.69) is 15.3 Å². The van der Waals surface area contributed by atoms with Crippen molar-refractivity contribution in [1.82, 2.24) is 14.3 Å². The van der Waals surface area contributed by atoms with Gasteiger partial charge in [-0.05, 0) is 19.1 Å². The number of morpholine rings is 1. The lowest BCUT2D eigenvalue weighted by Gasteiger charge is -2.26. The van der Waals surface area contributed by atoms with Gasteiger partial charge in [-0.15, -0.1) is 11.3 Å². The van der Waals surface area contributed by atoms with Crippen molar-refractivity contribution in [3.63, 3.8) is 0 Å². The molecule has 1 fully saturated rings. The molecule has 0 radical (unpaired) electrons. The number of methoxy groups -OCH3 is 1. The van der Waals surface area contributed by atoms with Crippen LogP contribution < -0.4 is 10.1 Å². The Labute approximate surface area is 167 Å². The van der Waals surface area contributed by atoms with E-state index in [0.29, 0.717) is 58.7 Å². The van der Waals surface area contributed by atoms with Crippen LogP contribution >= 0.6 is 11.3 Å². The van der Waals surface area contributed by atoms with E-state index in [1.165, 1.54) is 22.0 Å². The van der Waals surface area contributed by atoms with E-state index in [-0.39, 0.29) is 4.90 Å². The highest BCUT2D eigenvalue weighted by molar-refractivity contribution is 7.89. The first kappa shape index (κ1) is 19.1. The Bertz CT molecular complexity index is 1110. The second kappa shape index (κ2) is 7.63. The molecule has 1 aliphatic heterocycles. The summed E-state index contributed by atoms with van der Waals surface area (Å²) < 4.78 is 38.9. The van der Waals surface area contributed by atoms with E-state index in [0.717, 1.165) is 0 Å². The lowest BCUT2D eigenvalue weighted by atomic mass is 10.2. The number of nitrogens with one attached hydrogen (secondary N) is 1. The molecule has 3 heterocycles. The Hall–Kier alpha value is -2.27. The minimum atomic E-state index is -3.69. The summed E-state index contributed by atoms with van der Waals surface area (Å²) in [5.74, 6) is 1.07. The minimum absolute atomic E-state index is 0.257. The smallest absolute Gasteiger partial charge is 0.245 e. The quantitative estimate of drug-likeness (QED) is 0.678. The van der Waals surface area contributed by atoms with Crippen LogP contribution in [0.15, 0.2) is 35.5 Å². The lowest BCUT2D eigenvalue weighted by Crippen LogP contribution is -2.40. The number of ether oxygens (including phenoxy) is 2. The molecule has 1 aromatic carbocycles. The molecule has 4 rings (SSSR count). The van der Waals surface area contributed by atoms with Gasteiger partial charge in [-0.1, -0.05) is 12.1 Å². The number of hydrogen-bond donors (Lipinski definition) is 1. The molecule has 0 bridgehead atoms. The number of para-hydroxylation sites is 2. The molecule has 148 valence electrons. The fourth-order valence-corrected chi connectivity index (χ4v) is 6.31. The van der Waals surface area contributed by atoms with Crippen LogP contribution in [-0.2, 0) is 14.8 Å². The SMILES string of the molecule is COc1ccccc1Nc1ncnc2sc(C)c(S(=O)(=O)N3CCOCC3)c12. The highest BCUT2D eigenvalue weighted by atomic mass is 32.2. The molecule has 1 saturated heterocycles. The van der Waals surface area contributed by atoms with Gasteiger partial charge in [0.25, 0.3) is 0 Å². The van der Waals surface area contributed by atoms with Crippen molar-refractivity contribution in [2.45, 2.75) is 11.8 Å². The second-order valence-electron chi connectivity index (χ2n) is 6.23. The number of sulfonamides is 1. The largest absolute Gasteiger partial charge is 0.495 e. The summed E-state index contributed by atoms with van der Waals surface area (Å²) in [5, 5.41) is 3.72. The zero-order valence-electron chi connectivity index (χ0n) is 15.5. The van der Waals surface area contributed by atoms with Crippen LogP contribution in [0.2, 0.25) is 0 Å². The molecule has 0 saturated carbocycles. The summed E-state index contributed by atoms with van der Waals surface area (Å²) in [4.78, 5) is 10.2. The molecule has 10 heteroatoms. The Morgan fingerprint density at radius 1 is 1.21 bits per heavy atom.